The van der Waals surface area contributed by atoms with Gasteiger partial charge in [-0.3, -0.25) is 9.48 Å². The number of aryl methyl sites for hydroxylation is 1. The summed E-state index contributed by atoms with van der Waals surface area (Å²) >= 11 is 0. The number of nitrogens with zero attached hydrogens (tertiary/aromatic N) is 2. The molecule has 152 valence electrons. The standard InChI is InChI=1S/C22H19N3O5/c1-4-10-28-19(26)13-16-15-12-14(17-8-9-25(3)24-17)6-7-18(15)30-21(23)20(16)22(27)29-11-5-2/h1-2,6-9,12,16H,10-11,13,23H2,3H3. The van der Waals surface area contributed by atoms with Crippen LogP contribution in [0.25, 0.3) is 11.3 Å². The molecule has 8 nitrogen and oxygen atoms in total. The maximum absolute atomic E-state index is 12.6. The van der Waals surface area contributed by atoms with Crippen LogP contribution < -0.4 is 10.5 Å². The van der Waals surface area contributed by atoms with E-state index in [-0.39, 0.29) is 31.1 Å². The fourth-order valence-electron chi connectivity index (χ4n) is 3.13. The molecule has 3 rings (SSSR count). The van der Waals surface area contributed by atoms with E-state index >= 15 is 0 Å². The second-order valence-electron chi connectivity index (χ2n) is 6.41. The van der Waals surface area contributed by atoms with Gasteiger partial charge in [0.05, 0.1) is 12.1 Å². The van der Waals surface area contributed by atoms with E-state index < -0.39 is 17.9 Å². The number of carbonyl (C=O) groups excluding carboxylic acids is 2. The lowest BCUT2D eigenvalue weighted by Gasteiger charge is -2.27. The number of ether oxygens (including phenoxy) is 3. The number of terminal acetylenes is 2. The Hall–Kier alpha value is -4.17. The minimum absolute atomic E-state index is 0.00595. The Morgan fingerprint density at radius 2 is 1.97 bits per heavy atom. The summed E-state index contributed by atoms with van der Waals surface area (Å²) in [6.07, 6.45) is 11.9. The molecule has 8 heteroatoms. The average molecular weight is 405 g/mol. The first kappa shape index (κ1) is 20.6. The van der Waals surface area contributed by atoms with Crippen LogP contribution in [0.3, 0.4) is 0 Å². The van der Waals surface area contributed by atoms with Crippen LogP contribution in [0.1, 0.15) is 17.9 Å². The van der Waals surface area contributed by atoms with E-state index in [0.29, 0.717) is 17.0 Å². The number of carbonyl (C=O) groups is 2. The van der Waals surface area contributed by atoms with Crippen LogP contribution in [0.15, 0.2) is 41.9 Å². The van der Waals surface area contributed by atoms with E-state index in [1.807, 2.05) is 12.1 Å². The Kier molecular flexibility index (Phi) is 6.09. The van der Waals surface area contributed by atoms with Crippen LogP contribution in [-0.2, 0) is 26.1 Å². The van der Waals surface area contributed by atoms with Crippen molar-refractivity contribution in [2.45, 2.75) is 12.3 Å². The number of rotatable bonds is 6. The molecule has 1 unspecified atom stereocenters. The second kappa shape index (κ2) is 8.89. The van der Waals surface area contributed by atoms with Crippen LogP contribution in [0.2, 0.25) is 0 Å². The van der Waals surface area contributed by atoms with Crippen molar-refractivity contribution in [3.05, 3.63) is 47.5 Å². The summed E-state index contributed by atoms with van der Waals surface area (Å²) in [6, 6.07) is 7.14. The van der Waals surface area contributed by atoms with E-state index in [1.165, 1.54) is 0 Å². The number of hydrogen-bond donors (Lipinski definition) is 1. The number of benzene rings is 1. The molecular formula is C22H19N3O5. The molecule has 2 N–H and O–H groups in total. The van der Waals surface area contributed by atoms with Crippen molar-refractivity contribution in [2.75, 3.05) is 13.2 Å². The lowest BCUT2D eigenvalue weighted by atomic mass is 9.85. The molecule has 1 aliphatic rings. The van der Waals surface area contributed by atoms with Gasteiger partial charge in [0, 0.05) is 30.3 Å². The average Bonchev–Trinajstić information content (AvgIpc) is 3.16. The van der Waals surface area contributed by atoms with Gasteiger partial charge in [-0.05, 0) is 24.3 Å². The first-order valence-electron chi connectivity index (χ1n) is 8.95. The Morgan fingerprint density at radius 1 is 1.23 bits per heavy atom. The Labute approximate surface area is 173 Å². The number of esters is 2. The second-order valence-corrected chi connectivity index (χ2v) is 6.41. The summed E-state index contributed by atoms with van der Waals surface area (Å²) in [4.78, 5) is 24.9. The zero-order valence-corrected chi connectivity index (χ0v) is 16.3. The lowest BCUT2D eigenvalue weighted by Crippen LogP contribution is -2.28. The topological polar surface area (TPSA) is 106 Å². The molecule has 0 spiro atoms. The zero-order chi connectivity index (χ0) is 21.7. The number of aromatic nitrogens is 2. The summed E-state index contributed by atoms with van der Waals surface area (Å²) in [6.45, 7) is -0.427. The molecule has 0 saturated carbocycles. The minimum Gasteiger partial charge on any atom is -0.452 e. The largest absolute Gasteiger partial charge is 0.452 e. The van der Waals surface area contributed by atoms with Gasteiger partial charge in [0.25, 0.3) is 0 Å². The molecule has 2 aromatic rings. The molecule has 0 amide bonds. The van der Waals surface area contributed by atoms with Crippen LogP contribution in [0.4, 0.5) is 0 Å². The van der Waals surface area contributed by atoms with E-state index in [0.717, 1.165) is 5.56 Å². The predicted octanol–water partition coefficient (Wildman–Crippen LogP) is 1.48. The smallest absolute Gasteiger partial charge is 0.341 e. The molecule has 0 saturated heterocycles. The van der Waals surface area contributed by atoms with Crippen LogP contribution in [-0.4, -0.2) is 34.9 Å². The zero-order valence-electron chi connectivity index (χ0n) is 16.3. The first-order chi connectivity index (χ1) is 14.4. The molecule has 2 heterocycles. The Bertz CT molecular complexity index is 1100. The Morgan fingerprint density at radius 3 is 2.63 bits per heavy atom. The molecule has 1 aromatic heterocycles. The maximum Gasteiger partial charge on any atom is 0.341 e. The van der Waals surface area contributed by atoms with E-state index in [2.05, 4.69) is 16.9 Å². The predicted molar refractivity (Wildman–Crippen MR) is 107 cm³/mol. The Balaban J connectivity index is 2.03. The van der Waals surface area contributed by atoms with Crippen LogP contribution in [0, 0.1) is 24.7 Å². The van der Waals surface area contributed by atoms with E-state index in [1.54, 1.807) is 30.1 Å². The molecule has 1 aromatic carbocycles. The van der Waals surface area contributed by atoms with Crippen molar-refractivity contribution in [1.82, 2.24) is 9.78 Å². The van der Waals surface area contributed by atoms with Crippen LogP contribution in [0.5, 0.6) is 5.75 Å². The number of hydrogen-bond acceptors (Lipinski definition) is 7. The summed E-state index contributed by atoms with van der Waals surface area (Å²) < 4.78 is 17.3. The van der Waals surface area contributed by atoms with Gasteiger partial charge < -0.3 is 19.9 Å². The van der Waals surface area contributed by atoms with Gasteiger partial charge >= 0.3 is 11.9 Å². The van der Waals surface area contributed by atoms with Gasteiger partial charge in [-0.15, -0.1) is 12.8 Å². The first-order valence-corrected chi connectivity index (χ1v) is 8.95. The fraction of sp³-hybridized carbons (Fsp3) is 0.227. The van der Waals surface area contributed by atoms with E-state index in [4.69, 9.17) is 32.8 Å². The van der Waals surface area contributed by atoms with Gasteiger partial charge in [0.1, 0.15) is 11.3 Å². The highest BCUT2D eigenvalue weighted by Gasteiger charge is 2.36. The third-order valence-corrected chi connectivity index (χ3v) is 4.42. The molecule has 1 atom stereocenters. The van der Waals surface area contributed by atoms with Crippen LogP contribution >= 0.6 is 0 Å². The third-order valence-electron chi connectivity index (χ3n) is 4.42. The minimum atomic E-state index is -0.770. The molecule has 0 aliphatic carbocycles. The van der Waals surface area contributed by atoms with Crippen molar-refractivity contribution < 1.29 is 23.8 Å². The number of nitrogens with two attached hydrogens (primary N) is 1. The molecule has 30 heavy (non-hydrogen) atoms. The number of fused-ring (bicyclic) bond motifs is 1. The van der Waals surface area contributed by atoms with Gasteiger partial charge in [0.2, 0.25) is 5.88 Å². The maximum atomic E-state index is 12.6. The quantitative estimate of drug-likeness (QED) is 0.573. The molecule has 0 fully saturated rings. The molecule has 0 radical (unpaired) electrons. The third kappa shape index (κ3) is 4.29. The van der Waals surface area contributed by atoms with Gasteiger partial charge in [-0.25, -0.2) is 4.79 Å². The lowest BCUT2D eigenvalue weighted by molar-refractivity contribution is -0.142. The summed E-state index contributed by atoms with van der Waals surface area (Å²) in [5, 5.41) is 4.38. The highest BCUT2D eigenvalue weighted by atomic mass is 16.5. The molecule has 1 aliphatic heterocycles. The van der Waals surface area contributed by atoms with Gasteiger partial charge in [-0.1, -0.05) is 11.8 Å². The summed E-state index contributed by atoms with van der Waals surface area (Å²) in [5.74, 6) is 2.56. The van der Waals surface area contributed by atoms with Crippen molar-refractivity contribution in [2.24, 2.45) is 12.8 Å². The van der Waals surface area contributed by atoms with Crippen molar-refractivity contribution in [3.8, 4) is 41.7 Å². The van der Waals surface area contributed by atoms with Crippen molar-refractivity contribution >= 4 is 11.9 Å². The normalized spacial score (nSPS) is 14.7. The SMILES string of the molecule is C#CCOC(=O)CC1C(C(=O)OCC#C)=C(N)Oc2ccc(-c3ccn(C)n3)cc21. The fourth-order valence-corrected chi connectivity index (χ4v) is 3.13. The van der Waals surface area contributed by atoms with Gasteiger partial charge in [0.15, 0.2) is 13.2 Å². The highest BCUT2D eigenvalue weighted by molar-refractivity contribution is 5.93. The van der Waals surface area contributed by atoms with Crippen molar-refractivity contribution in [1.29, 1.82) is 0 Å². The van der Waals surface area contributed by atoms with Gasteiger partial charge in [-0.2, -0.15) is 5.10 Å². The van der Waals surface area contributed by atoms with Crippen molar-refractivity contribution in [3.63, 3.8) is 0 Å². The molecule has 0 bridgehead atoms. The monoisotopic (exact) mass is 405 g/mol. The summed E-state index contributed by atoms with van der Waals surface area (Å²) in [7, 11) is 1.80. The van der Waals surface area contributed by atoms with E-state index in [9.17, 15) is 9.59 Å². The highest BCUT2D eigenvalue weighted by Crippen LogP contribution is 2.42. The summed E-state index contributed by atoms with van der Waals surface area (Å²) in [5.41, 5.74) is 8.04. The molecular weight excluding hydrogens is 386 g/mol.